The molecule has 20 heavy (non-hydrogen) atoms. The number of ether oxygens (including phenoxy) is 3. The van der Waals surface area contributed by atoms with Gasteiger partial charge in [0.05, 0.1) is 32.0 Å². The third kappa shape index (κ3) is 4.42. The monoisotopic (exact) mass is 319 g/mol. The number of morpholine rings is 1. The van der Waals surface area contributed by atoms with E-state index in [-0.39, 0.29) is 0 Å². The molecular formula is C14H19Cl2NO3. The molecule has 0 aliphatic carbocycles. The minimum Gasteiger partial charge on any atom is -0.491 e. The lowest BCUT2D eigenvalue weighted by molar-refractivity contribution is 0.0357. The third-order valence-corrected chi connectivity index (χ3v) is 3.66. The summed E-state index contributed by atoms with van der Waals surface area (Å²) in [4.78, 5) is 2.37. The maximum atomic E-state index is 6.06. The quantitative estimate of drug-likeness (QED) is 0.754. The molecule has 0 radical (unpaired) electrons. The van der Waals surface area contributed by atoms with E-state index in [9.17, 15) is 0 Å². The number of benzene rings is 1. The van der Waals surface area contributed by atoms with Crippen molar-refractivity contribution in [1.29, 1.82) is 0 Å². The van der Waals surface area contributed by atoms with Crippen molar-refractivity contribution in [3.05, 3.63) is 22.2 Å². The first kappa shape index (κ1) is 15.7. The highest BCUT2D eigenvalue weighted by Gasteiger charge is 2.12. The summed E-state index contributed by atoms with van der Waals surface area (Å²) in [5.41, 5.74) is 0. The van der Waals surface area contributed by atoms with Gasteiger partial charge >= 0.3 is 0 Å². The van der Waals surface area contributed by atoms with Gasteiger partial charge in [-0.2, -0.15) is 0 Å². The molecule has 0 saturated carbocycles. The molecule has 0 aromatic heterocycles. The molecule has 1 aliphatic heterocycles. The van der Waals surface area contributed by atoms with Gasteiger partial charge in [-0.3, -0.25) is 4.90 Å². The molecule has 4 nitrogen and oxygen atoms in total. The standard InChI is InChI=1S/C14H19Cl2NO3/c1-18-14-12(16)9-11(15)10-13(14)20-6-2-3-17-4-7-19-8-5-17/h9-10H,2-8H2,1H3. The Hall–Kier alpha value is -0.680. The van der Waals surface area contributed by atoms with E-state index in [1.807, 2.05) is 0 Å². The molecule has 0 N–H and O–H groups in total. The van der Waals surface area contributed by atoms with Crippen LogP contribution in [0.4, 0.5) is 0 Å². The topological polar surface area (TPSA) is 30.9 Å². The Bertz CT molecular complexity index is 437. The summed E-state index contributed by atoms with van der Waals surface area (Å²) in [6.45, 7) is 5.22. The maximum Gasteiger partial charge on any atom is 0.179 e. The van der Waals surface area contributed by atoms with Gasteiger partial charge in [0.2, 0.25) is 0 Å². The highest BCUT2D eigenvalue weighted by molar-refractivity contribution is 6.35. The van der Waals surface area contributed by atoms with Gasteiger partial charge in [-0.15, -0.1) is 0 Å². The minimum absolute atomic E-state index is 0.461. The van der Waals surface area contributed by atoms with E-state index >= 15 is 0 Å². The maximum absolute atomic E-state index is 6.06. The zero-order chi connectivity index (χ0) is 14.4. The summed E-state index contributed by atoms with van der Waals surface area (Å²) in [7, 11) is 1.57. The van der Waals surface area contributed by atoms with Gasteiger partial charge in [0, 0.05) is 30.7 Å². The smallest absolute Gasteiger partial charge is 0.179 e. The van der Waals surface area contributed by atoms with Crippen molar-refractivity contribution in [3.63, 3.8) is 0 Å². The Morgan fingerprint density at radius 2 is 2.00 bits per heavy atom. The van der Waals surface area contributed by atoms with Crippen LogP contribution in [0.3, 0.4) is 0 Å². The number of nitrogens with zero attached hydrogens (tertiary/aromatic N) is 1. The van der Waals surface area contributed by atoms with E-state index in [4.69, 9.17) is 37.4 Å². The van der Waals surface area contributed by atoms with Crippen LogP contribution < -0.4 is 9.47 Å². The number of hydrogen-bond donors (Lipinski definition) is 0. The van der Waals surface area contributed by atoms with E-state index < -0.39 is 0 Å². The first-order valence-electron chi connectivity index (χ1n) is 6.66. The second-order valence-electron chi connectivity index (χ2n) is 4.58. The lowest BCUT2D eigenvalue weighted by atomic mass is 10.3. The van der Waals surface area contributed by atoms with Crippen molar-refractivity contribution in [1.82, 2.24) is 4.90 Å². The van der Waals surface area contributed by atoms with Gasteiger partial charge < -0.3 is 14.2 Å². The molecule has 1 saturated heterocycles. The molecule has 1 aromatic rings. The molecule has 1 aromatic carbocycles. The van der Waals surface area contributed by atoms with Crippen LogP contribution in [-0.2, 0) is 4.74 Å². The molecule has 0 amide bonds. The van der Waals surface area contributed by atoms with Crippen LogP contribution >= 0.6 is 23.2 Å². The van der Waals surface area contributed by atoms with Crippen LogP contribution in [0.5, 0.6) is 11.5 Å². The first-order valence-corrected chi connectivity index (χ1v) is 7.42. The van der Waals surface area contributed by atoms with E-state index in [1.165, 1.54) is 0 Å². The largest absolute Gasteiger partial charge is 0.491 e. The zero-order valence-electron chi connectivity index (χ0n) is 11.5. The van der Waals surface area contributed by atoms with Gasteiger partial charge in [0.1, 0.15) is 0 Å². The summed E-state index contributed by atoms with van der Waals surface area (Å²) in [5.74, 6) is 1.12. The van der Waals surface area contributed by atoms with Crippen LogP contribution in [-0.4, -0.2) is 51.5 Å². The lowest BCUT2D eigenvalue weighted by Gasteiger charge is -2.26. The molecule has 0 unspecified atom stereocenters. The summed E-state index contributed by atoms with van der Waals surface area (Å²) >= 11 is 12.0. The molecule has 1 heterocycles. The van der Waals surface area contributed by atoms with Crippen molar-refractivity contribution in [2.75, 3.05) is 46.6 Å². The predicted molar refractivity (Wildman–Crippen MR) is 80.4 cm³/mol. The normalized spacial score (nSPS) is 16.1. The van der Waals surface area contributed by atoms with Crippen LogP contribution in [0, 0.1) is 0 Å². The van der Waals surface area contributed by atoms with Gasteiger partial charge in [0.15, 0.2) is 11.5 Å². The van der Waals surface area contributed by atoms with E-state index in [1.54, 1.807) is 19.2 Å². The van der Waals surface area contributed by atoms with E-state index in [0.717, 1.165) is 39.3 Å². The Kier molecular flexibility index (Phi) is 6.23. The van der Waals surface area contributed by atoms with Gasteiger partial charge in [-0.25, -0.2) is 0 Å². The lowest BCUT2D eigenvalue weighted by Crippen LogP contribution is -2.37. The predicted octanol–water partition coefficient (Wildman–Crippen LogP) is 3.10. The van der Waals surface area contributed by atoms with Crippen molar-refractivity contribution >= 4 is 23.2 Å². The Balaban J connectivity index is 1.81. The molecule has 1 aliphatic rings. The van der Waals surface area contributed by atoms with Gasteiger partial charge in [-0.1, -0.05) is 23.2 Å². The molecule has 1 fully saturated rings. The molecule has 2 rings (SSSR count). The second-order valence-corrected chi connectivity index (χ2v) is 5.42. The van der Waals surface area contributed by atoms with Crippen molar-refractivity contribution in [3.8, 4) is 11.5 Å². The number of hydrogen-bond acceptors (Lipinski definition) is 4. The zero-order valence-corrected chi connectivity index (χ0v) is 13.0. The molecule has 0 spiro atoms. The van der Waals surface area contributed by atoms with Crippen LogP contribution in [0.15, 0.2) is 12.1 Å². The Morgan fingerprint density at radius 1 is 1.25 bits per heavy atom. The third-order valence-electron chi connectivity index (χ3n) is 3.16. The number of rotatable bonds is 6. The Labute approximate surface area is 129 Å². The minimum atomic E-state index is 0.461. The van der Waals surface area contributed by atoms with Crippen LogP contribution in [0.2, 0.25) is 10.0 Å². The molecule has 0 bridgehead atoms. The Morgan fingerprint density at radius 3 is 2.70 bits per heavy atom. The highest BCUT2D eigenvalue weighted by Crippen LogP contribution is 2.37. The fourth-order valence-electron chi connectivity index (χ4n) is 2.14. The summed E-state index contributed by atoms with van der Waals surface area (Å²) < 4.78 is 16.3. The molecular weight excluding hydrogens is 301 g/mol. The summed E-state index contributed by atoms with van der Waals surface area (Å²) in [6, 6.07) is 3.36. The SMILES string of the molecule is COc1c(Cl)cc(Cl)cc1OCCCN1CCOCC1. The van der Waals surface area contributed by atoms with Crippen LogP contribution in [0.1, 0.15) is 6.42 Å². The summed E-state index contributed by atoms with van der Waals surface area (Å²) in [5, 5.41) is 1.00. The average molecular weight is 320 g/mol. The fraction of sp³-hybridized carbons (Fsp3) is 0.571. The van der Waals surface area contributed by atoms with E-state index in [0.29, 0.717) is 28.2 Å². The van der Waals surface area contributed by atoms with Gasteiger partial charge in [-0.05, 0) is 12.5 Å². The first-order chi connectivity index (χ1) is 9.70. The summed E-state index contributed by atoms with van der Waals surface area (Å²) in [6.07, 6.45) is 0.938. The van der Waals surface area contributed by atoms with Gasteiger partial charge in [0.25, 0.3) is 0 Å². The second kappa shape index (κ2) is 7.93. The molecule has 112 valence electrons. The highest BCUT2D eigenvalue weighted by atomic mass is 35.5. The van der Waals surface area contributed by atoms with E-state index in [2.05, 4.69) is 4.90 Å². The van der Waals surface area contributed by atoms with Crippen LogP contribution in [0.25, 0.3) is 0 Å². The van der Waals surface area contributed by atoms with Crippen molar-refractivity contribution < 1.29 is 14.2 Å². The molecule has 0 atom stereocenters. The molecule has 6 heteroatoms. The number of methoxy groups -OCH3 is 1. The van der Waals surface area contributed by atoms with Crippen molar-refractivity contribution in [2.45, 2.75) is 6.42 Å². The number of halogens is 2. The van der Waals surface area contributed by atoms with Crippen molar-refractivity contribution in [2.24, 2.45) is 0 Å². The average Bonchev–Trinajstić information content (AvgIpc) is 2.44. The fourth-order valence-corrected chi connectivity index (χ4v) is 2.69.